The molecule has 0 atom stereocenters. The second kappa shape index (κ2) is 6.24. The van der Waals surface area contributed by atoms with E-state index in [1.807, 2.05) is 13.8 Å². The van der Waals surface area contributed by atoms with Crippen molar-refractivity contribution in [2.45, 2.75) is 20.3 Å². The minimum atomic E-state index is -0.953. The first kappa shape index (κ1) is 14.8. The molecule has 0 aliphatic rings. The average Bonchev–Trinajstić information content (AvgIpc) is 2.85. The number of carboxylic acids is 1. The van der Waals surface area contributed by atoms with Crippen LogP contribution in [0, 0.1) is 0 Å². The summed E-state index contributed by atoms with van der Waals surface area (Å²) in [6.07, 6.45) is 0.572. The van der Waals surface area contributed by atoms with Crippen molar-refractivity contribution < 1.29 is 14.6 Å². The van der Waals surface area contributed by atoms with Crippen molar-refractivity contribution in [3.63, 3.8) is 0 Å². The van der Waals surface area contributed by atoms with E-state index >= 15 is 0 Å². The molecule has 6 heteroatoms. The van der Waals surface area contributed by atoms with E-state index < -0.39 is 5.97 Å². The molecule has 4 nitrogen and oxygen atoms in total. The number of ether oxygens (including phenoxy) is 1. The summed E-state index contributed by atoms with van der Waals surface area (Å²) in [4.78, 5) is 15.9. The summed E-state index contributed by atoms with van der Waals surface area (Å²) in [6, 6.07) is 5.26. The highest BCUT2D eigenvalue weighted by atomic mass is 35.5. The van der Waals surface area contributed by atoms with Crippen LogP contribution in [-0.4, -0.2) is 22.7 Å². The molecule has 1 N–H and O–H groups in total. The van der Waals surface area contributed by atoms with E-state index in [1.165, 1.54) is 0 Å². The molecule has 1 aromatic carbocycles. The molecule has 0 saturated heterocycles. The fourth-order valence-electron chi connectivity index (χ4n) is 1.82. The topological polar surface area (TPSA) is 59.4 Å². The maximum absolute atomic E-state index is 11.2. The van der Waals surface area contributed by atoms with E-state index in [2.05, 4.69) is 4.98 Å². The molecular formula is C14H14ClNO3S. The molecule has 1 aromatic heterocycles. The van der Waals surface area contributed by atoms with Crippen LogP contribution < -0.4 is 4.74 Å². The van der Waals surface area contributed by atoms with Gasteiger partial charge in [0.1, 0.15) is 15.6 Å². The van der Waals surface area contributed by atoms with Gasteiger partial charge in [-0.25, -0.2) is 9.78 Å². The van der Waals surface area contributed by atoms with E-state index in [4.69, 9.17) is 16.3 Å². The van der Waals surface area contributed by atoms with Crippen LogP contribution in [-0.2, 0) is 6.42 Å². The van der Waals surface area contributed by atoms with Gasteiger partial charge in [0.2, 0.25) is 0 Å². The number of nitrogens with zero attached hydrogens (tertiary/aromatic N) is 1. The Labute approximate surface area is 126 Å². The molecule has 1 heterocycles. The molecule has 20 heavy (non-hydrogen) atoms. The number of aryl methyl sites for hydroxylation is 1. The SMILES string of the molecule is CCOc1ccc(Cl)cc1-c1nc(CC)c(C(=O)O)s1. The van der Waals surface area contributed by atoms with Gasteiger partial charge in [-0.05, 0) is 31.5 Å². The Morgan fingerprint density at radius 3 is 2.75 bits per heavy atom. The highest BCUT2D eigenvalue weighted by Gasteiger charge is 2.19. The second-order valence-corrected chi connectivity index (χ2v) is 5.46. The van der Waals surface area contributed by atoms with Gasteiger partial charge in [0.05, 0.1) is 17.9 Å². The molecule has 2 rings (SSSR count). The first-order valence-corrected chi connectivity index (χ1v) is 7.42. The van der Waals surface area contributed by atoms with Crippen LogP contribution >= 0.6 is 22.9 Å². The standard InChI is InChI=1S/C14H14ClNO3S/c1-3-10-12(14(17)18)20-13(16-10)9-7-8(15)5-6-11(9)19-4-2/h5-7H,3-4H2,1-2H3,(H,17,18). The number of aromatic carboxylic acids is 1. The Bertz CT molecular complexity index is 639. The van der Waals surface area contributed by atoms with Crippen LogP contribution in [0.5, 0.6) is 5.75 Å². The minimum Gasteiger partial charge on any atom is -0.493 e. The van der Waals surface area contributed by atoms with E-state index in [-0.39, 0.29) is 4.88 Å². The van der Waals surface area contributed by atoms with Crippen molar-refractivity contribution in [1.29, 1.82) is 0 Å². The quantitative estimate of drug-likeness (QED) is 0.902. The van der Waals surface area contributed by atoms with Crippen LogP contribution in [0.2, 0.25) is 5.02 Å². The lowest BCUT2D eigenvalue weighted by Gasteiger charge is -2.08. The summed E-state index contributed by atoms with van der Waals surface area (Å²) in [5, 5.41) is 10.4. The van der Waals surface area contributed by atoms with Gasteiger partial charge in [0, 0.05) is 5.02 Å². The first-order chi connectivity index (χ1) is 9.56. The van der Waals surface area contributed by atoms with Crippen LogP contribution in [0.25, 0.3) is 10.6 Å². The molecule has 0 saturated carbocycles. The van der Waals surface area contributed by atoms with Crippen molar-refractivity contribution in [3.8, 4) is 16.3 Å². The van der Waals surface area contributed by atoms with E-state index in [1.54, 1.807) is 18.2 Å². The lowest BCUT2D eigenvalue weighted by molar-refractivity contribution is 0.0701. The molecule has 2 aromatic rings. The Morgan fingerprint density at radius 2 is 2.20 bits per heavy atom. The second-order valence-electron chi connectivity index (χ2n) is 4.03. The minimum absolute atomic E-state index is 0.268. The predicted octanol–water partition coefficient (Wildman–Crippen LogP) is 4.12. The number of carbonyl (C=O) groups is 1. The smallest absolute Gasteiger partial charge is 0.347 e. The predicted molar refractivity (Wildman–Crippen MR) is 80.1 cm³/mol. The monoisotopic (exact) mass is 311 g/mol. The van der Waals surface area contributed by atoms with Crippen molar-refractivity contribution in [2.75, 3.05) is 6.61 Å². The van der Waals surface area contributed by atoms with Gasteiger partial charge in [-0.1, -0.05) is 18.5 Å². The van der Waals surface area contributed by atoms with Gasteiger partial charge in [-0.2, -0.15) is 0 Å². The molecule has 0 radical (unpaired) electrons. The van der Waals surface area contributed by atoms with Crippen LogP contribution in [0.3, 0.4) is 0 Å². The number of hydrogen-bond acceptors (Lipinski definition) is 4. The zero-order valence-electron chi connectivity index (χ0n) is 11.1. The van der Waals surface area contributed by atoms with Gasteiger partial charge >= 0.3 is 5.97 Å². The molecule has 0 spiro atoms. The van der Waals surface area contributed by atoms with Gasteiger partial charge in [0.25, 0.3) is 0 Å². The van der Waals surface area contributed by atoms with Crippen molar-refractivity contribution in [2.24, 2.45) is 0 Å². The Balaban J connectivity index is 2.55. The van der Waals surface area contributed by atoms with Gasteiger partial charge < -0.3 is 9.84 Å². The molecule has 0 unspecified atom stereocenters. The van der Waals surface area contributed by atoms with Crippen LogP contribution in [0.15, 0.2) is 18.2 Å². The summed E-state index contributed by atoms with van der Waals surface area (Å²) in [6.45, 7) is 4.29. The number of thiazole rings is 1. The highest BCUT2D eigenvalue weighted by molar-refractivity contribution is 7.17. The normalized spacial score (nSPS) is 10.6. The third-order valence-electron chi connectivity index (χ3n) is 2.70. The summed E-state index contributed by atoms with van der Waals surface area (Å²) in [5.41, 5.74) is 1.31. The lowest BCUT2D eigenvalue weighted by atomic mass is 10.2. The fourth-order valence-corrected chi connectivity index (χ4v) is 3.01. The Morgan fingerprint density at radius 1 is 1.45 bits per heavy atom. The number of rotatable bonds is 5. The van der Waals surface area contributed by atoms with Crippen LogP contribution in [0.1, 0.15) is 29.2 Å². The average molecular weight is 312 g/mol. The van der Waals surface area contributed by atoms with Crippen molar-refractivity contribution in [1.82, 2.24) is 4.98 Å². The number of aromatic nitrogens is 1. The zero-order valence-corrected chi connectivity index (χ0v) is 12.7. The fraction of sp³-hybridized carbons (Fsp3) is 0.286. The molecule has 0 aliphatic carbocycles. The summed E-state index contributed by atoms with van der Waals surface area (Å²) in [5.74, 6) is -0.296. The zero-order chi connectivity index (χ0) is 14.7. The van der Waals surface area contributed by atoms with Gasteiger partial charge in [0.15, 0.2) is 0 Å². The lowest BCUT2D eigenvalue weighted by Crippen LogP contribution is -1.97. The Hall–Kier alpha value is -1.59. The van der Waals surface area contributed by atoms with Crippen molar-refractivity contribution >= 4 is 28.9 Å². The first-order valence-electron chi connectivity index (χ1n) is 6.22. The number of carboxylic acid groups (broad SMARTS) is 1. The van der Waals surface area contributed by atoms with Gasteiger partial charge in [-0.3, -0.25) is 0 Å². The van der Waals surface area contributed by atoms with E-state index in [0.717, 1.165) is 16.9 Å². The maximum atomic E-state index is 11.2. The summed E-state index contributed by atoms with van der Waals surface area (Å²) >= 11 is 7.16. The summed E-state index contributed by atoms with van der Waals surface area (Å²) < 4.78 is 5.55. The molecule has 0 aliphatic heterocycles. The molecule has 0 bridgehead atoms. The third kappa shape index (κ3) is 2.94. The third-order valence-corrected chi connectivity index (χ3v) is 4.05. The molecule has 106 valence electrons. The number of hydrogen-bond donors (Lipinski definition) is 1. The highest BCUT2D eigenvalue weighted by Crippen LogP contribution is 2.36. The van der Waals surface area contributed by atoms with E-state index in [0.29, 0.717) is 34.5 Å². The largest absolute Gasteiger partial charge is 0.493 e. The van der Waals surface area contributed by atoms with E-state index in [9.17, 15) is 9.90 Å². The number of halogens is 1. The van der Waals surface area contributed by atoms with Gasteiger partial charge in [-0.15, -0.1) is 11.3 Å². The molecule has 0 amide bonds. The van der Waals surface area contributed by atoms with Crippen molar-refractivity contribution in [3.05, 3.63) is 33.8 Å². The maximum Gasteiger partial charge on any atom is 0.347 e. The number of benzene rings is 1. The summed E-state index contributed by atoms with van der Waals surface area (Å²) in [7, 11) is 0. The molecular weight excluding hydrogens is 298 g/mol. The Kier molecular flexibility index (Phi) is 4.62. The molecule has 0 fully saturated rings. The van der Waals surface area contributed by atoms with Crippen LogP contribution in [0.4, 0.5) is 0 Å².